The van der Waals surface area contributed by atoms with Crippen LogP contribution in [0.4, 0.5) is 0 Å². The number of hydrogen-bond acceptors (Lipinski definition) is 2. The average Bonchev–Trinajstić information content (AvgIpc) is 2.47. The van der Waals surface area contributed by atoms with Gasteiger partial charge in [-0.2, -0.15) is 0 Å². The van der Waals surface area contributed by atoms with E-state index in [9.17, 15) is 4.79 Å². The van der Waals surface area contributed by atoms with Crippen LogP contribution in [-0.4, -0.2) is 13.0 Å². The van der Waals surface area contributed by atoms with Crippen LogP contribution in [0, 0.1) is 6.92 Å². The predicted octanol–water partition coefficient (Wildman–Crippen LogP) is 4.26. The standard InChI is InChI=1S/C17H18BrNO2/c1-11-8-9-16(21-3)14(10-11)12(2)19-17(20)13-6-4-5-7-15(13)18/h4-10,12H,1-3H3,(H,19,20)/t12-/m0/s1. The van der Waals surface area contributed by atoms with Crippen LogP contribution in [0.3, 0.4) is 0 Å². The number of halogens is 1. The molecule has 0 bridgehead atoms. The SMILES string of the molecule is COc1ccc(C)cc1[C@H](C)NC(=O)c1ccccc1Br. The van der Waals surface area contributed by atoms with Crippen LogP contribution in [0.25, 0.3) is 0 Å². The van der Waals surface area contributed by atoms with Gasteiger partial charge in [-0.1, -0.05) is 29.8 Å². The maximum absolute atomic E-state index is 12.4. The van der Waals surface area contributed by atoms with Crippen molar-refractivity contribution in [3.8, 4) is 5.75 Å². The van der Waals surface area contributed by atoms with Gasteiger partial charge in [0.2, 0.25) is 0 Å². The fourth-order valence-corrected chi connectivity index (χ4v) is 2.65. The van der Waals surface area contributed by atoms with E-state index in [2.05, 4.69) is 21.2 Å². The Bertz CT molecular complexity index is 655. The number of amides is 1. The lowest BCUT2D eigenvalue weighted by molar-refractivity contribution is 0.0938. The molecule has 0 aromatic heterocycles. The first-order valence-electron chi connectivity index (χ1n) is 6.73. The van der Waals surface area contributed by atoms with Gasteiger partial charge in [-0.3, -0.25) is 4.79 Å². The number of ether oxygens (including phenoxy) is 1. The summed E-state index contributed by atoms with van der Waals surface area (Å²) in [5, 5.41) is 3.01. The molecule has 0 saturated carbocycles. The van der Waals surface area contributed by atoms with Crippen LogP contribution in [0.5, 0.6) is 5.75 Å². The van der Waals surface area contributed by atoms with E-state index in [0.29, 0.717) is 5.56 Å². The quantitative estimate of drug-likeness (QED) is 0.897. The molecule has 1 atom stereocenters. The van der Waals surface area contributed by atoms with Gasteiger partial charge in [-0.15, -0.1) is 0 Å². The van der Waals surface area contributed by atoms with E-state index in [4.69, 9.17) is 4.74 Å². The third-order valence-corrected chi connectivity index (χ3v) is 4.01. The smallest absolute Gasteiger partial charge is 0.252 e. The second kappa shape index (κ2) is 6.76. The highest BCUT2D eigenvalue weighted by atomic mass is 79.9. The van der Waals surface area contributed by atoms with Crippen molar-refractivity contribution < 1.29 is 9.53 Å². The van der Waals surface area contributed by atoms with Crippen molar-refractivity contribution in [1.82, 2.24) is 5.32 Å². The van der Waals surface area contributed by atoms with Crippen molar-refractivity contribution >= 4 is 21.8 Å². The number of carbonyl (C=O) groups is 1. The van der Waals surface area contributed by atoms with Crippen LogP contribution >= 0.6 is 15.9 Å². The summed E-state index contributed by atoms with van der Waals surface area (Å²) in [7, 11) is 1.64. The molecule has 2 aromatic carbocycles. The van der Waals surface area contributed by atoms with Crippen molar-refractivity contribution in [3.05, 3.63) is 63.6 Å². The molecular weight excluding hydrogens is 330 g/mol. The highest BCUT2D eigenvalue weighted by Crippen LogP contribution is 2.26. The van der Waals surface area contributed by atoms with Gasteiger partial charge in [0.1, 0.15) is 5.75 Å². The van der Waals surface area contributed by atoms with Crippen molar-refractivity contribution in [1.29, 1.82) is 0 Å². The molecule has 1 amide bonds. The van der Waals surface area contributed by atoms with E-state index in [1.807, 2.05) is 50.2 Å². The number of carbonyl (C=O) groups excluding carboxylic acids is 1. The summed E-state index contributed by atoms with van der Waals surface area (Å²) >= 11 is 3.40. The van der Waals surface area contributed by atoms with Crippen molar-refractivity contribution in [2.24, 2.45) is 0 Å². The number of benzene rings is 2. The minimum absolute atomic E-state index is 0.112. The van der Waals surface area contributed by atoms with Crippen molar-refractivity contribution in [2.75, 3.05) is 7.11 Å². The van der Waals surface area contributed by atoms with Crippen LogP contribution in [-0.2, 0) is 0 Å². The first kappa shape index (κ1) is 15.6. The van der Waals surface area contributed by atoms with Gasteiger partial charge >= 0.3 is 0 Å². The summed E-state index contributed by atoms with van der Waals surface area (Å²) in [6, 6.07) is 13.2. The van der Waals surface area contributed by atoms with E-state index in [1.54, 1.807) is 13.2 Å². The zero-order valence-electron chi connectivity index (χ0n) is 12.3. The Balaban J connectivity index is 2.22. The molecule has 0 spiro atoms. The Morgan fingerprint density at radius 3 is 2.62 bits per heavy atom. The summed E-state index contributed by atoms with van der Waals surface area (Å²) in [4.78, 5) is 12.4. The average molecular weight is 348 g/mol. The molecule has 21 heavy (non-hydrogen) atoms. The molecule has 2 rings (SSSR count). The Kier molecular flexibility index (Phi) is 5.02. The molecule has 2 aromatic rings. The van der Waals surface area contributed by atoms with Gasteiger partial charge in [-0.05, 0) is 48.0 Å². The van der Waals surface area contributed by atoms with Gasteiger partial charge in [0, 0.05) is 10.0 Å². The lowest BCUT2D eigenvalue weighted by Gasteiger charge is -2.18. The fourth-order valence-electron chi connectivity index (χ4n) is 2.19. The molecular formula is C17H18BrNO2. The maximum atomic E-state index is 12.4. The molecule has 0 radical (unpaired) electrons. The van der Waals surface area contributed by atoms with Crippen LogP contribution in [0.15, 0.2) is 46.9 Å². The lowest BCUT2D eigenvalue weighted by Crippen LogP contribution is -2.27. The van der Waals surface area contributed by atoms with Crippen molar-refractivity contribution in [3.63, 3.8) is 0 Å². The van der Waals surface area contributed by atoms with E-state index in [0.717, 1.165) is 21.3 Å². The monoisotopic (exact) mass is 347 g/mol. The fraction of sp³-hybridized carbons (Fsp3) is 0.235. The molecule has 0 fully saturated rings. The number of aryl methyl sites for hydroxylation is 1. The Labute approximate surface area is 133 Å². The highest BCUT2D eigenvalue weighted by Gasteiger charge is 2.16. The maximum Gasteiger partial charge on any atom is 0.252 e. The first-order chi connectivity index (χ1) is 10.0. The minimum atomic E-state index is -0.139. The summed E-state index contributed by atoms with van der Waals surface area (Å²) < 4.78 is 6.16. The third-order valence-electron chi connectivity index (χ3n) is 3.32. The third kappa shape index (κ3) is 3.64. The largest absolute Gasteiger partial charge is 0.496 e. The molecule has 0 aliphatic carbocycles. The molecule has 110 valence electrons. The molecule has 0 aliphatic rings. The molecule has 0 saturated heterocycles. The minimum Gasteiger partial charge on any atom is -0.496 e. The second-order valence-electron chi connectivity index (χ2n) is 4.92. The van der Waals surface area contributed by atoms with E-state index in [-0.39, 0.29) is 11.9 Å². The molecule has 0 unspecified atom stereocenters. The molecule has 3 nitrogen and oxygen atoms in total. The number of hydrogen-bond donors (Lipinski definition) is 1. The van der Waals surface area contributed by atoms with Gasteiger partial charge in [0.15, 0.2) is 0 Å². The number of nitrogens with one attached hydrogen (secondary N) is 1. The number of rotatable bonds is 4. The van der Waals surface area contributed by atoms with Gasteiger partial charge < -0.3 is 10.1 Å². The van der Waals surface area contributed by atoms with Gasteiger partial charge in [0.25, 0.3) is 5.91 Å². The lowest BCUT2D eigenvalue weighted by atomic mass is 10.0. The Morgan fingerprint density at radius 1 is 1.24 bits per heavy atom. The van der Waals surface area contributed by atoms with Crippen LogP contribution in [0.2, 0.25) is 0 Å². The normalized spacial score (nSPS) is 11.8. The van der Waals surface area contributed by atoms with E-state index < -0.39 is 0 Å². The summed E-state index contributed by atoms with van der Waals surface area (Å²) in [5.41, 5.74) is 2.72. The highest BCUT2D eigenvalue weighted by molar-refractivity contribution is 9.10. The zero-order valence-corrected chi connectivity index (χ0v) is 13.9. The van der Waals surface area contributed by atoms with E-state index >= 15 is 0 Å². The Hall–Kier alpha value is -1.81. The van der Waals surface area contributed by atoms with E-state index in [1.165, 1.54) is 0 Å². The van der Waals surface area contributed by atoms with Crippen LogP contribution in [0.1, 0.15) is 34.5 Å². The summed E-state index contributed by atoms with van der Waals surface area (Å²) in [6.45, 7) is 3.97. The zero-order chi connectivity index (χ0) is 15.4. The van der Waals surface area contributed by atoms with Gasteiger partial charge in [0.05, 0.1) is 18.7 Å². The molecule has 0 aliphatic heterocycles. The van der Waals surface area contributed by atoms with Crippen molar-refractivity contribution in [2.45, 2.75) is 19.9 Å². The molecule has 1 N–H and O–H groups in total. The number of methoxy groups -OCH3 is 1. The second-order valence-corrected chi connectivity index (χ2v) is 5.77. The molecule has 4 heteroatoms. The predicted molar refractivity (Wildman–Crippen MR) is 87.8 cm³/mol. The molecule has 0 heterocycles. The van der Waals surface area contributed by atoms with Crippen LogP contribution < -0.4 is 10.1 Å². The Morgan fingerprint density at radius 2 is 1.95 bits per heavy atom. The summed E-state index contributed by atoms with van der Waals surface area (Å²) in [6.07, 6.45) is 0. The first-order valence-corrected chi connectivity index (χ1v) is 7.52. The topological polar surface area (TPSA) is 38.3 Å². The summed E-state index contributed by atoms with van der Waals surface area (Å²) in [5.74, 6) is 0.666. The van der Waals surface area contributed by atoms with Gasteiger partial charge in [-0.25, -0.2) is 0 Å².